The zero-order chi connectivity index (χ0) is 24.9. The number of unbranched alkanes of at least 4 members (excludes halogenated alkanes) is 1. The fourth-order valence-electron chi connectivity index (χ4n) is 5.79. The Morgan fingerprint density at radius 2 is 2.00 bits per heavy atom. The van der Waals surface area contributed by atoms with Gasteiger partial charge in [-0.05, 0) is 95.6 Å². The number of amides is 1. The van der Waals surface area contributed by atoms with E-state index in [1.54, 1.807) is 0 Å². The van der Waals surface area contributed by atoms with Crippen molar-refractivity contribution in [2.24, 2.45) is 16.3 Å². The van der Waals surface area contributed by atoms with Crippen LogP contribution < -0.4 is 0 Å². The van der Waals surface area contributed by atoms with Gasteiger partial charge in [0, 0.05) is 23.5 Å². The van der Waals surface area contributed by atoms with Crippen LogP contribution in [-0.2, 0) is 4.79 Å². The molecule has 0 bridgehead atoms. The van der Waals surface area contributed by atoms with Crippen LogP contribution in [0.2, 0.25) is 0 Å². The normalized spacial score (nSPS) is 26.6. The average Bonchev–Trinajstić information content (AvgIpc) is 3.25. The first-order chi connectivity index (χ1) is 16.1. The molecule has 3 nitrogen and oxygen atoms in total. The van der Waals surface area contributed by atoms with Gasteiger partial charge in [-0.25, -0.2) is 0 Å². The van der Waals surface area contributed by atoms with Crippen LogP contribution in [0.5, 0.6) is 0 Å². The lowest BCUT2D eigenvalue weighted by atomic mass is 9.78. The lowest BCUT2D eigenvalue weighted by Gasteiger charge is -2.26. The first-order valence-corrected chi connectivity index (χ1v) is 12.7. The van der Waals surface area contributed by atoms with E-state index in [4.69, 9.17) is 4.99 Å². The number of hydrogen-bond donors (Lipinski definition) is 0. The van der Waals surface area contributed by atoms with Crippen LogP contribution in [0.1, 0.15) is 91.4 Å². The van der Waals surface area contributed by atoms with Crippen molar-refractivity contribution in [2.75, 3.05) is 6.54 Å². The molecule has 1 saturated carbocycles. The largest absolute Gasteiger partial charge is 0.389 e. The Balaban J connectivity index is 1.91. The summed E-state index contributed by atoms with van der Waals surface area (Å²) in [5.41, 5.74) is 4.44. The average molecular weight is 477 g/mol. The van der Waals surface area contributed by atoms with E-state index in [1.165, 1.54) is 5.57 Å². The molecule has 1 heterocycles. The molecule has 0 aromatic rings. The molecule has 1 fully saturated rings. The Bertz CT molecular complexity index is 909. The number of halogens is 3. The van der Waals surface area contributed by atoms with Crippen molar-refractivity contribution < 1.29 is 18.0 Å². The molecule has 3 rings (SSSR count). The van der Waals surface area contributed by atoms with Gasteiger partial charge in [-0.15, -0.1) is 0 Å². The predicted octanol–water partition coefficient (Wildman–Crippen LogP) is 8.06. The Labute approximate surface area is 202 Å². The van der Waals surface area contributed by atoms with Gasteiger partial charge in [-0.3, -0.25) is 9.79 Å². The lowest BCUT2D eigenvalue weighted by Crippen LogP contribution is -2.38. The third kappa shape index (κ3) is 5.92. The summed E-state index contributed by atoms with van der Waals surface area (Å²) in [7, 11) is 0. The predicted molar refractivity (Wildman–Crippen MR) is 132 cm³/mol. The molecule has 2 atom stereocenters. The summed E-state index contributed by atoms with van der Waals surface area (Å²) in [4.78, 5) is 20.7. The summed E-state index contributed by atoms with van der Waals surface area (Å²) in [6.07, 6.45) is 8.52. The summed E-state index contributed by atoms with van der Waals surface area (Å²) in [6.45, 7) is 10.6. The summed E-state index contributed by atoms with van der Waals surface area (Å²) in [6, 6.07) is 0. The quantitative estimate of drug-likeness (QED) is 0.245. The van der Waals surface area contributed by atoms with Crippen molar-refractivity contribution in [3.8, 4) is 0 Å². The summed E-state index contributed by atoms with van der Waals surface area (Å²) >= 11 is 0. The fourth-order valence-corrected chi connectivity index (χ4v) is 5.79. The van der Waals surface area contributed by atoms with Crippen LogP contribution >= 0.6 is 0 Å². The van der Waals surface area contributed by atoms with Crippen molar-refractivity contribution in [2.45, 2.75) is 97.6 Å². The van der Waals surface area contributed by atoms with E-state index in [2.05, 4.69) is 20.4 Å². The molecule has 1 spiro atoms. The molecule has 0 radical (unpaired) electrons. The summed E-state index contributed by atoms with van der Waals surface area (Å²) in [5.74, 6) is 0.563. The molecule has 34 heavy (non-hydrogen) atoms. The van der Waals surface area contributed by atoms with Crippen LogP contribution in [0.25, 0.3) is 0 Å². The molecule has 0 aromatic heterocycles. The molecule has 0 N–H and O–H groups in total. The molecule has 2 aliphatic carbocycles. The number of carbonyl (C=O) groups excluding carboxylic acids is 1. The maximum atomic E-state index is 13.9. The molecule has 0 aromatic carbocycles. The van der Waals surface area contributed by atoms with E-state index in [0.717, 1.165) is 67.6 Å². The van der Waals surface area contributed by atoms with Gasteiger partial charge in [0.2, 0.25) is 5.91 Å². The Morgan fingerprint density at radius 3 is 2.59 bits per heavy atom. The highest BCUT2D eigenvalue weighted by Gasteiger charge is 2.53. The number of carbonyl (C=O) groups is 1. The van der Waals surface area contributed by atoms with Crippen LogP contribution in [0.3, 0.4) is 0 Å². The SMILES string of the molecule is C=CC1=C(/C=C\C)N(CC(CCCCC(F)(F)F)=NC2=C(C)CCCC2)C(=O)C12CCC(C)C2. The Hall–Kier alpha value is -2.11. The van der Waals surface area contributed by atoms with E-state index in [-0.39, 0.29) is 12.3 Å². The van der Waals surface area contributed by atoms with Gasteiger partial charge >= 0.3 is 6.18 Å². The number of aliphatic imine (C=N–C) groups is 1. The monoisotopic (exact) mass is 476 g/mol. The smallest absolute Gasteiger partial charge is 0.306 e. The van der Waals surface area contributed by atoms with Crippen LogP contribution in [0, 0.1) is 11.3 Å². The van der Waals surface area contributed by atoms with Crippen molar-refractivity contribution in [1.29, 1.82) is 0 Å². The second-order valence-electron chi connectivity index (χ2n) is 10.3. The van der Waals surface area contributed by atoms with E-state index in [9.17, 15) is 18.0 Å². The van der Waals surface area contributed by atoms with Gasteiger partial charge in [0.25, 0.3) is 0 Å². The van der Waals surface area contributed by atoms with Crippen molar-refractivity contribution in [1.82, 2.24) is 4.90 Å². The summed E-state index contributed by atoms with van der Waals surface area (Å²) < 4.78 is 38.1. The van der Waals surface area contributed by atoms with E-state index in [1.807, 2.05) is 30.1 Å². The van der Waals surface area contributed by atoms with Crippen molar-refractivity contribution >= 4 is 11.6 Å². The first-order valence-electron chi connectivity index (χ1n) is 12.7. The minimum Gasteiger partial charge on any atom is -0.306 e. The van der Waals surface area contributed by atoms with Gasteiger partial charge in [0.15, 0.2) is 0 Å². The molecule has 2 unspecified atom stereocenters. The van der Waals surface area contributed by atoms with Crippen molar-refractivity contribution in [3.05, 3.63) is 47.3 Å². The van der Waals surface area contributed by atoms with Crippen LogP contribution in [0.15, 0.2) is 52.3 Å². The van der Waals surface area contributed by atoms with Gasteiger partial charge in [-0.1, -0.05) is 31.2 Å². The molecular weight excluding hydrogens is 437 g/mol. The minimum atomic E-state index is -4.14. The Morgan fingerprint density at radius 1 is 1.26 bits per heavy atom. The van der Waals surface area contributed by atoms with Gasteiger partial charge in [0.05, 0.1) is 12.0 Å². The standard InChI is InChI=1S/C28H39F3N2O/c1-5-11-25-23(6-2)27(17-15-20(3)18-27)26(34)33(25)19-22(13-9-10-16-28(29,30)31)32-24-14-8-7-12-21(24)4/h5-6,11,20H,2,7-10,12-19H2,1,3-4H3/b11-5-,32-22?. The highest BCUT2D eigenvalue weighted by Crippen LogP contribution is 2.54. The second kappa shape index (κ2) is 11.1. The first kappa shape index (κ1) is 26.5. The minimum absolute atomic E-state index is 0.0748. The number of allylic oxidation sites excluding steroid dienone is 5. The van der Waals surface area contributed by atoms with Crippen LogP contribution in [0.4, 0.5) is 13.2 Å². The number of alkyl halides is 3. The second-order valence-corrected chi connectivity index (χ2v) is 10.3. The molecular formula is C28H39F3N2O. The third-order valence-electron chi connectivity index (χ3n) is 7.54. The third-order valence-corrected chi connectivity index (χ3v) is 7.54. The molecule has 188 valence electrons. The lowest BCUT2D eigenvalue weighted by molar-refractivity contribution is -0.135. The Kier molecular flexibility index (Phi) is 8.64. The highest BCUT2D eigenvalue weighted by molar-refractivity contribution is 5.98. The van der Waals surface area contributed by atoms with Crippen molar-refractivity contribution in [3.63, 3.8) is 0 Å². The molecule has 1 aliphatic heterocycles. The maximum absolute atomic E-state index is 13.9. The highest BCUT2D eigenvalue weighted by atomic mass is 19.4. The van der Waals surface area contributed by atoms with E-state index >= 15 is 0 Å². The number of nitrogens with zero attached hydrogens (tertiary/aromatic N) is 2. The van der Waals surface area contributed by atoms with E-state index in [0.29, 0.717) is 25.3 Å². The fraction of sp³-hybridized carbons (Fsp3) is 0.643. The van der Waals surface area contributed by atoms with Gasteiger partial charge in [-0.2, -0.15) is 13.2 Å². The van der Waals surface area contributed by atoms with Gasteiger partial charge in [0.1, 0.15) is 0 Å². The van der Waals surface area contributed by atoms with E-state index < -0.39 is 18.0 Å². The molecule has 6 heteroatoms. The maximum Gasteiger partial charge on any atom is 0.389 e. The molecule has 3 aliphatic rings. The number of hydrogen-bond acceptors (Lipinski definition) is 2. The number of rotatable bonds is 9. The summed E-state index contributed by atoms with van der Waals surface area (Å²) in [5, 5.41) is 0. The molecule has 1 amide bonds. The molecule has 0 saturated heterocycles. The van der Waals surface area contributed by atoms with Gasteiger partial charge < -0.3 is 4.90 Å². The zero-order valence-corrected chi connectivity index (χ0v) is 20.9. The zero-order valence-electron chi connectivity index (χ0n) is 20.9. The topological polar surface area (TPSA) is 32.7 Å². The van der Waals surface area contributed by atoms with Crippen LogP contribution in [-0.4, -0.2) is 29.2 Å².